The summed E-state index contributed by atoms with van der Waals surface area (Å²) >= 11 is 0. The van der Waals surface area contributed by atoms with Crippen molar-refractivity contribution in [1.82, 2.24) is 4.90 Å². The predicted octanol–water partition coefficient (Wildman–Crippen LogP) is 4.03. The van der Waals surface area contributed by atoms with Crippen LogP contribution in [0.2, 0.25) is 0 Å². The minimum atomic E-state index is -0.0517. The molecule has 0 spiro atoms. The minimum Gasteiger partial charge on any atom is -0.464 e. The van der Waals surface area contributed by atoms with Crippen LogP contribution < -0.4 is 0 Å². The number of likely N-dealkylation sites (N-methyl/N-ethyl adjacent to an activating group) is 1. The van der Waals surface area contributed by atoms with Crippen LogP contribution in [0.15, 0.2) is 0 Å². The van der Waals surface area contributed by atoms with Gasteiger partial charge in [0.25, 0.3) is 0 Å². The Labute approximate surface area is 137 Å². The van der Waals surface area contributed by atoms with Crippen LogP contribution in [0.3, 0.4) is 0 Å². The molecular weight excluding hydrogens is 278 g/mol. The molecule has 0 aliphatic carbocycles. The second kappa shape index (κ2) is 16.8. The molecule has 0 atom stereocenters. The van der Waals surface area contributed by atoms with E-state index in [2.05, 4.69) is 11.8 Å². The van der Waals surface area contributed by atoms with Crippen LogP contribution in [0.25, 0.3) is 0 Å². The highest BCUT2D eigenvalue weighted by Gasteiger charge is 2.04. The standard InChI is InChI=1S/C18H37NO3/c1-4-6-7-8-9-10-11-12-13-18(20)22-17-15-19(3)14-16-21-5-2/h4-17H2,1-3H3. The first kappa shape index (κ1) is 21.4. The van der Waals surface area contributed by atoms with Crippen molar-refractivity contribution < 1.29 is 14.3 Å². The zero-order valence-corrected chi connectivity index (χ0v) is 15.1. The molecule has 0 rings (SSSR count). The highest BCUT2D eigenvalue weighted by Crippen LogP contribution is 2.09. The summed E-state index contributed by atoms with van der Waals surface area (Å²) < 4.78 is 10.5. The second-order valence-electron chi connectivity index (χ2n) is 5.95. The lowest BCUT2D eigenvalue weighted by Crippen LogP contribution is -2.27. The maximum atomic E-state index is 11.6. The number of nitrogens with zero attached hydrogens (tertiary/aromatic N) is 1. The highest BCUT2D eigenvalue weighted by atomic mass is 16.5. The van der Waals surface area contributed by atoms with Crippen LogP contribution in [0.4, 0.5) is 0 Å². The fourth-order valence-corrected chi connectivity index (χ4v) is 2.27. The summed E-state index contributed by atoms with van der Waals surface area (Å²) in [5, 5.41) is 0. The van der Waals surface area contributed by atoms with E-state index in [1.807, 2.05) is 14.0 Å². The van der Waals surface area contributed by atoms with Gasteiger partial charge in [-0.2, -0.15) is 0 Å². The third-order valence-electron chi connectivity index (χ3n) is 3.79. The molecule has 0 aliphatic rings. The van der Waals surface area contributed by atoms with E-state index in [1.54, 1.807) is 0 Å². The van der Waals surface area contributed by atoms with Gasteiger partial charge in [0.15, 0.2) is 0 Å². The van der Waals surface area contributed by atoms with Crippen molar-refractivity contribution in [3.63, 3.8) is 0 Å². The summed E-state index contributed by atoms with van der Waals surface area (Å²) in [6, 6.07) is 0. The van der Waals surface area contributed by atoms with Crippen molar-refractivity contribution in [3.05, 3.63) is 0 Å². The SMILES string of the molecule is CCCCCCCCCCC(=O)OCCN(C)CCOCC. The van der Waals surface area contributed by atoms with Gasteiger partial charge in [-0.1, -0.05) is 51.9 Å². The third kappa shape index (κ3) is 15.8. The Hall–Kier alpha value is -0.610. The Kier molecular flexibility index (Phi) is 16.3. The molecule has 0 aromatic rings. The quantitative estimate of drug-likeness (QED) is 0.318. The molecular formula is C18H37NO3. The first-order chi connectivity index (χ1) is 10.7. The van der Waals surface area contributed by atoms with Gasteiger partial charge in [0.2, 0.25) is 0 Å². The number of hydrogen-bond donors (Lipinski definition) is 0. The molecule has 0 heterocycles. The second-order valence-corrected chi connectivity index (χ2v) is 5.95. The van der Waals surface area contributed by atoms with E-state index in [9.17, 15) is 4.79 Å². The smallest absolute Gasteiger partial charge is 0.305 e. The molecule has 132 valence electrons. The average Bonchev–Trinajstić information content (AvgIpc) is 2.50. The van der Waals surface area contributed by atoms with Crippen LogP contribution in [0, 0.1) is 0 Å². The van der Waals surface area contributed by atoms with E-state index < -0.39 is 0 Å². The first-order valence-corrected chi connectivity index (χ1v) is 9.12. The number of hydrogen-bond acceptors (Lipinski definition) is 4. The third-order valence-corrected chi connectivity index (χ3v) is 3.79. The zero-order chi connectivity index (χ0) is 16.5. The summed E-state index contributed by atoms with van der Waals surface area (Å²) in [6.07, 6.45) is 10.6. The van der Waals surface area contributed by atoms with Crippen molar-refractivity contribution in [1.29, 1.82) is 0 Å². The lowest BCUT2D eigenvalue weighted by Gasteiger charge is -2.16. The van der Waals surface area contributed by atoms with Crippen molar-refractivity contribution in [2.75, 3.05) is 40.0 Å². The number of carbonyl (C=O) groups is 1. The average molecular weight is 315 g/mol. The highest BCUT2D eigenvalue weighted by molar-refractivity contribution is 5.69. The molecule has 0 radical (unpaired) electrons. The van der Waals surface area contributed by atoms with Gasteiger partial charge in [0.05, 0.1) is 6.61 Å². The monoisotopic (exact) mass is 315 g/mol. The molecule has 0 aromatic heterocycles. The number of esters is 1. The lowest BCUT2D eigenvalue weighted by atomic mass is 10.1. The molecule has 0 N–H and O–H groups in total. The summed E-state index contributed by atoms with van der Waals surface area (Å²) in [6.45, 7) is 7.86. The van der Waals surface area contributed by atoms with Gasteiger partial charge in [-0.15, -0.1) is 0 Å². The normalized spacial score (nSPS) is 11.1. The van der Waals surface area contributed by atoms with Crippen LogP contribution in [-0.2, 0) is 14.3 Å². The van der Waals surface area contributed by atoms with Gasteiger partial charge in [-0.05, 0) is 20.4 Å². The summed E-state index contributed by atoms with van der Waals surface area (Å²) in [7, 11) is 2.02. The number of unbranched alkanes of at least 4 members (excludes halogenated alkanes) is 7. The van der Waals surface area contributed by atoms with E-state index in [1.165, 1.54) is 38.5 Å². The fraction of sp³-hybridized carbons (Fsp3) is 0.944. The minimum absolute atomic E-state index is 0.0517. The number of ether oxygens (including phenoxy) is 2. The van der Waals surface area contributed by atoms with E-state index >= 15 is 0 Å². The largest absolute Gasteiger partial charge is 0.464 e. The number of carbonyl (C=O) groups excluding carboxylic acids is 1. The Bertz CT molecular complexity index is 246. The van der Waals surface area contributed by atoms with Crippen molar-refractivity contribution in [2.24, 2.45) is 0 Å². The summed E-state index contributed by atoms with van der Waals surface area (Å²) in [4.78, 5) is 13.7. The van der Waals surface area contributed by atoms with Gasteiger partial charge in [-0.3, -0.25) is 4.79 Å². The van der Waals surface area contributed by atoms with E-state index in [0.717, 1.165) is 39.1 Å². The number of rotatable bonds is 16. The van der Waals surface area contributed by atoms with Gasteiger partial charge in [-0.25, -0.2) is 0 Å². The van der Waals surface area contributed by atoms with E-state index in [4.69, 9.17) is 9.47 Å². The molecule has 22 heavy (non-hydrogen) atoms. The summed E-state index contributed by atoms with van der Waals surface area (Å²) in [5.74, 6) is -0.0517. The van der Waals surface area contributed by atoms with E-state index in [0.29, 0.717) is 13.0 Å². The topological polar surface area (TPSA) is 38.8 Å². The molecule has 4 heteroatoms. The fourth-order valence-electron chi connectivity index (χ4n) is 2.27. The van der Waals surface area contributed by atoms with Crippen LogP contribution in [-0.4, -0.2) is 50.8 Å². The molecule has 0 saturated heterocycles. The maximum Gasteiger partial charge on any atom is 0.305 e. The van der Waals surface area contributed by atoms with Gasteiger partial charge < -0.3 is 14.4 Å². The van der Waals surface area contributed by atoms with Gasteiger partial charge in [0, 0.05) is 26.1 Å². The van der Waals surface area contributed by atoms with Crippen molar-refractivity contribution in [3.8, 4) is 0 Å². The Morgan fingerprint density at radius 1 is 0.864 bits per heavy atom. The van der Waals surface area contributed by atoms with Crippen LogP contribution in [0.5, 0.6) is 0 Å². The Morgan fingerprint density at radius 3 is 2.09 bits per heavy atom. The van der Waals surface area contributed by atoms with Gasteiger partial charge >= 0.3 is 5.97 Å². The molecule has 0 unspecified atom stereocenters. The van der Waals surface area contributed by atoms with Gasteiger partial charge in [0.1, 0.15) is 6.61 Å². The molecule has 0 bridgehead atoms. The molecule has 0 aromatic carbocycles. The molecule has 4 nitrogen and oxygen atoms in total. The first-order valence-electron chi connectivity index (χ1n) is 9.12. The van der Waals surface area contributed by atoms with Crippen molar-refractivity contribution >= 4 is 5.97 Å². The van der Waals surface area contributed by atoms with Crippen LogP contribution in [0.1, 0.15) is 71.6 Å². The summed E-state index contributed by atoms with van der Waals surface area (Å²) in [5.41, 5.74) is 0. The molecule has 0 fully saturated rings. The van der Waals surface area contributed by atoms with Crippen LogP contribution >= 0.6 is 0 Å². The lowest BCUT2D eigenvalue weighted by molar-refractivity contribution is -0.144. The molecule has 0 saturated carbocycles. The Morgan fingerprint density at radius 2 is 1.45 bits per heavy atom. The zero-order valence-electron chi connectivity index (χ0n) is 15.1. The Balaban J connectivity index is 3.29. The predicted molar refractivity (Wildman–Crippen MR) is 92.2 cm³/mol. The maximum absolute atomic E-state index is 11.6. The van der Waals surface area contributed by atoms with E-state index in [-0.39, 0.29) is 5.97 Å². The van der Waals surface area contributed by atoms with Crippen molar-refractivity contribution in [2.45, 2.75) is 71.6 Å². The molecule has 0 aliphatic heterocycles. The molecule has 0 amide bonds.